The molecule has 0 aliphatic heterocycles. The Morgan fingerprint density at radius 3 is 2.58 bits per heavy atom. The smallest absolute Gasteiger partial charge is 0.256 e. The number of rotatable bonds is 3. The van der Waals surface area contributed by atoms with Gasteiger partial charge in [0.15, 0.2) is 0 Å². The lowest BCUT2D eigenvalue weighted by Crippen LogP contribution is -2.12. The van der Waals surface area contributed by atoms with Gasteiger partial charge in [-0.1, -0.05) is 12.1 Å². The Kier molecular flexibility index (Phi) is 3.97. The average molecular weight is 343 g/mol. The van der Waals surface area contributed by atoms with E-state index in [-0.39, 0.29) is 5.91 Å². The van der Waals surface area contributed by atoms with Crippen molar-refractivity contribution in [1.29, 1.82) is 0 Å². The van der Waals surface area contributed by atoms with E-state index in [4.69, 9.17) is 4.42 Å². The molecule has 0 aliphatic rings. The van der Waals surface area contributed by atoms with E-state index in [2.05, 4.69) is 15.3 Å². The van der Waals surface area contributed by atoms with Gasteiger partial charge in [-0.3, -0.25) is 9.78 Å². The van der Waals surface area contributed by atoms with E-state index in [0.29, 0.717) is 17.1 Å². The zero-order valence-corrected chi connectivity index (χ0v) is 14.5. The molecule has 0 atom stereocenters. The number of nitrogens with zero attached hydrogens (tertiary/aromatic N) is 2. The van der Waals surface area contributed by atoms with E-state index in [0.717, 1.165) is 27.8 Å². The maximum atomic E-state index is 12.7. The molecule has 0 unspecified atom stereocenters. The van der Waals surface area contributed by atoms with Crippen molar-refractivity contribution in [2.75, 3.05) is 5.32 Å². The van der Waals surface area contributed by atoms with E-state index >= 15 is 0 Å². The number of aryl methyl sites for hydroxylation is 2. The number of oxazole rings is 1. The predicted molar refractivity (Wildman–Crippen MR) is 101 cm³/mol. The summed E-state index contributed by atoms with van der Waals surface area (Å²) in [6.07, 6.45) is 3.43. The van der Waals surface area contributed by atoms with Crippen molar-refractivity contribution < 1.29 is 9.21 Å². The Hall–Kier alpha value is -3.47. The Morgan fingerprint density at radius 2 is 1.85 bits per heavy atom. The quantitative estimate of drug-likeness (QED) is 0.582. The summed E-state index contributed by atoms with van der Waals surface area (Å²) in [6, 6.07) is 15.0. The van der Waals surface area contributed by atoms with E-state index in [9.17, 15) is 4.79 Å². The monoisotopic (exact) mass is 343 g/mol. The molecule has 0 spiro atoms. The minimum Gasteiger partial charge on any atom is -0.441 e. The summed E-state index contributed by atoms with van der Waals surface area (Å²) in [5.74, 6) is 1.22. The minimum atomic E-state index is -0.167. The van der Waals surface area contributed by atoms with Crippen LogP contribution in [0, 0.1) is 13.8 Å². The van der Waals surface area contributed by atoms with Gasteiger partial charge in [0.05, 0.1) is 5.69 Å². The van der Waals surface area contributed by atoms with E-state index < -0.39 is 0 Å². The standard InChI is InChI=1S/C21H17N3O2/c1-13-14(2)26-21(23-13)16-6-8-17(9-7-16)24-20(25)18-5-3-4-15-10-11-22-12-19(15)18/h3-12H,1-2H3,(H,24,25). The van der Waals surface area contributed by atoms with Crippen LogP contribution in [0.5, 0.6) is 0 Å². The van der Waals surface area contributed by atoms with Crippen molar-refractivity contribution in [2.45, 2.75) is 13.8 Å². The van der Waals surface area contributed by atoms with Crippen LogP contribution >= 0.6 is 0 Å². The van der Waals surface area contributed by atoms with Gasteiger partial charge in [-0.05, 0) is 55.6 Å². The molecule has 2 aromatic carbocycles. The summed E-state index contributed by atoms with van der Waals surface area (Å²) in [7, 11) is 0. The van der Waals surface area contributed by atoms with E-state index in [1.807, 2.05) is 56.3 Å². The van der Waals surface area contributed by atoms with Crippen LogP contribution in [0.15, 0.2) is 65.3 Å². The second kappa shape index (κ2) is 6.44. The molecule has 2 heterocycles. The topological polar surface area (TPSA) is 68.0 Å². The number of fused-ring (bicyclic) bond motifs is 1. The Labute approximate surface area is 150 Å². The number of hydrogen-bond acceptors (Lipinski definition) is 4. The van der Waals surface area contributed by atoms with Crippen molar-refractivity contribution in [2.24, 2.45) is 0 Å². The number of pyridine rings is 1. The van der Waals surface area contributed by atoms with Gasteiger partial charge in [-0.25, -0.2) is 4.98 Å². The summed E-state index contributed by atoms with van der Waals surface area (Å²) in [5.41, 5.74) is 3.05. The highest BCUT2D eigenvalue weighted by Crippen LogP contribution is 2.24. The fraction of sp³-hybridized carbons (Fsp3) is 0.0952. The van der Waals surface area contributed by atoms with Gasteiger partial charge in [-0.2, -0.15) is 0 Å². The highest BCUT2D eigenvalue weighted by Gasteiger charge is 2.11. The van der Waals surface area contributed by atoms with Gasteiger partial charge in [0.1, 0.15) is 5.76 Å². The van der Waals surface area contributed by atoms with Gasteiger partial charge in [0.25, 0.3) is 5.91 Å². The summed E-state index contributed by atoms with van der Waals surface area (Å²) in [4.78, 5) is 21.2. The molecule has 1 N–H and O–H groups in total. The molecule has 0 radical (unpaired) electrons. The first-order valence-electron chi connectivity index (χ1n) is 8.30. The molecule has 4 aromatic rings. The predicted octanol–water partition coefficient (Wildman–Crippen LogP) is 4.76. The zero-order chi connectivity index (χ0) is 18.1. The van der Waals surface area contributed by atoms with Crippen LogP contribution in [0.2, 0.25) is 0 Å². The normalized spacial score (nSPS) is 10.8. The van der Waals surface area contributed by atoms with Crippen molar-refractivity contribution in [3.63, 3.8) is 0 Å². The summed E-state index contributed by atoms with van der Waals surface area (Å²) in [6.45, 7) is 3.80. The van der Waals surface area contributed by atoms with Gasteiger partial charge in [-0.15, -0.1) is 0 Å². The first-order valence-corrected chi connectivity index (χ1v) is 8.30. The van der Waals surface area contributed by atoms with Gasteiger partial charge in [0, 0.05) is 34.6 Å². The number of nitrogens with one attached hydrogen (secondary N) is 1. The minimum absolute atomic E-state index is 0.167. The first kappa shape index (κ1) is 16.0. The van der Waals surface area contributed by atoms with Crippen LogP contribution in [0.25, 0.3) is 22.2 Å². The molecule has 0 aliphatic carbocycles. The van der Waals surface area contributed by atoms with E-state index in [1.54, 1.807) is 18.5 Å². The molecule has 5 heteroatoms. The maximum Gasteiger partial charge on any atom is 0.256 e. The Bertz CT molecular complexity index is 1070. The molecule has 128 valence electrons. The van der Waals surface area contributed by atoms with Crippen LogP contribution in [-0.4, -0.2) is 15.9 Å². The third-order valence-electron chi connectivity index (χ3n) is 4.35. The molecule has 0 fully saturated rings. The fourth-order valence-corrected chi connectivity index (χ4v) is 2.80. The number of carbonyl (C=O) groups is 1. The average Bonchev–Trinajstić information content (AvgIpc) is 3.00. The highest BCUT2D eigenvalue weighted by atomic mass is 16.4. The Balaban J connectivity index is 1.58. The molecule has 2 aromatic heterocycles. The van der Waals surface area contributed by atoms with Crippen molar-refractivity contribution in [1.82, 2.24) is 9.97 Å². The lowest BCUT2D eigenvalue weighted by molar-refractivity contribution is 0.102. The molecular weight excluding hydrogens is 326 g/mol. The molecule has 0 saturated carbocycles. The molecule has 0 saturated heterocycles. The molecule has 1 amide bonds. The largest absolute Gasteiger partial charge is 0.441 e. The summed E-state index contributed by atoms with van der Waals surface area (Å²) in [5, 5.41) is 4.74. The van der Waals surface area contributed by atoms with Gasteiger partial charge >= 0.3 is 0 Å². The number of amides is 1. The number of benzene rings is 2. The molecule has 5 nitrogen and oxygen atoms in total. The fourth-order valence-electron chi connectivity index (χ4n) is 2.80. The van der Waals surface area contributed by atoms with Crippen LogP contribution in [0.3, 0.4) is 0 Å². The van der Waals surface area contributed by atoms with Crippen LogP contribution < -0.4 is 5.32 Å². The number of carbonyl (C=O) groups excluding carboxylic acids is 1. The summed E-state index contributed by atoms with van der Waals surface area (Å²) < 4.78 is 5.63. The van der Waals surface area contributed by atoms with Crippen LogP contribution in [0.1, 0.15) is 21.8 Å². The number of aromatic nitrogens is 2. The van der Waals surface area contributed by atoms with Gasteiger partial charge in [0.2, 0.25) is 5.89 Å². The number of hydrogen-bond donors (Lipinski definition) is 1. The second-order valence-corrected chi connectivity index (χ2v) is 6.09. The third-order valence-corrected chi connectivity index (χ3v) is 4.35. The first-order chi connectivity index (χ1) is 12.6. The maximum absolute atomic E-state index is 12.7. The van der Waals surface area contributed by atoms with Crippen molar-refractivity contribution in [3.05, 3.63) is 77.9 Å². The van der Waals surface area contributed by atoms with Crippen LogP contribution in [-0.2, 0) is 0 Å². The molecule has 4 rings (SSSR count). The second-order valence-electron chi connectivity index (χ2n) is 6.09. The SMILES string of the molecule is Cc1nc(-c2ccc(NC(=O)c3cccc4ccncc34)cc2)oc1C. The molecule has 26 heavy (non-hydrogen) atoms. The Morgan fingerprint density at radius 1 is 1.04 bits per heavy atom. The van der Waals surface area contributed by atoms with Gasteiger partial charge < -0.3 is 9.73 Å². The van der Waals surface area contributed by atoms with E-state index in [1.165, 1.54) is 0 Å². The third kappa shape index (κ3) is 2.95. The zero-order valence-electron chi connectivity index (χ0n) is 14.5. The van der Waals surface area contributed by atoms with Crippen molar-refractivity contribution >= 4 is 22.4 Å². The van der Waals surface area contributed by atoms with Crippen LogP contribution in [0.4, 0.5) is 5.69 Å². The molecule has 0 bridgehead atoms. The lowest BCUT2D eigenvalue weighted by atomic mass is 10.1. The molecular formula is C21H17N3O2. The number of anilines is 1. The highest BCUT2D eigenvalue weighted by molar-refractivity contribution is 6.12. The van der Waals surface area contributed by atoms with Crippen molar-refractivity contribution in [3.8, 4) is 11.5 Å². The summed E-state index contributed by atoms with van der Waals surface area (Å²) >= 11 is 0. The lowest BCUT2D eigenvalue weighted by Gasteiger charge is -2.08.